The van der Waals surface area contributed by atoms with Gasteiger partial charge in [-0.05, 0) is 30.6 Å². The van der Waals surface area contributed by atoms with E-state index < -0.39 is 5.60 Å². The third-order valence-electron chi connectivity index (χ3n) is 4.34. The van der Waals surface area contributed by atoms with Crippen LogP contribution in [-0.4, -0.2) is 25.5 Å². The van der Waals surface area contributed by atoms with E-state index in [2.05, 4.69) is 37.8 Å². The zero-order chi connectivity index (χ0) is 13.4. The molecule has 1 atom stereocenters. The summed E-state index contributed by atoms with van der Waals surface area (Å²) in [7, 11) is 0. The Balaban J connectivity index is 2.17. The van der Waals surface area contributed by atoms with Crippen LogP contribution in [0.4, 0.5) is 0 Å². The Kier molecular flexibility index (Phi) is 3.49. The highest BCUT2D eigenvalue weighted by Crippen LogP contribution is 2.47. The zero-order valence-electron chi connectivity index (χ0n) is 12.0. The van der Waals surface area contributed by atoms with Gasteiger partial charge in [0, 0.05) is 13.0 Å². The number of rotatable bonds is 4. The maximum absolute atomic E-state index is 10.9. The van der Waals surface area contributed by atoms with Gasteiger partial charge in [0.2, 0.25) is 0 Å². The lowest BCUT2D eigenvalue weighted by molar-refractivity contribution is -0.0442. The average molecular weight is 251 g/mol. The van der Waals surface area contributed by atoms with E-state index in [4.69, 9.17) is 0 Å². The number of hydrogen-bond donors (Lipinski definition) is 1. The SMILES string of the molecule is CC(C)Cn1ncnc1CC1(O)CCCC1(C)C. The molecule has 0 aliphatic heterocycles. The predicted molar refractivity (Wildman–Crippen MR) is 71.1 cm³/mol. The first-order chi connectivity index (χ1) is 8.34. The summed E-state index contributed by atoms with van der Waals surface area (Å²) in [6.07, 6.45) is 5.27. The Hall–Kier alpha value is -0.900. The van der Waals surface area contributed by atoms with Crippen molar-refractivity contribution in [1.29, 1.82) is 0 Å². The summed E-state index contributed by atoms with van der Waals surface area (Å²) >= 11 is 0. The summed E-state index contributed by atoms with van der Waals surface area (Å²) in [4.78, 5) is 4.34. The Labute approximate surface area is 109 Å². The molecule has 102 valence electrons. The van der Waals surface area contributed by atoms with Gasteiger partial charge in [0.05, 0.1) is 5.60 Å². The molecule has 0 amide bonds. The fourth-order valence-corrected chi connectivity index (χ4v) is 2.91. The smallest absolute Gasteiger partial charge is 0.138 e. The van der Waals surface area contributed by atoms with Gasteiger partial charge in [-0.15, -0.1) is 0 Å². The molecule has 0 saturated heterocycles. The first-order valence-electron chi connectivity index (χ1n) is 6.93. The van der Waals surface area contributed by atoms with Crippen molar-refractivity contribution in [2.24, 2.45) is 11.3 Å². The number of hydrogen-bond acceptors (Lipinski definition) is 3. The summed E-state index contributed by atoms with van der Waals surface area (Å²) in [6.45, 7) is 9.51. The van der Waals surface area contributed by atoms with Gasteiger partial charge in [0.25, 0.3) is 0 Å². The van der Waals surface area contributed by atoms with Crippen molar-refractivity contribution >= 4 is 0 Å². The van der Waals surface area contributed by atoms with Crippen LogP contribution in [0.3, 0.4) is 0 Å². The van der Waals surface area contributed by atoms with E-state index in [0.29, 0.717) is 12.3 Å². The average Bonchev–Trinajstić information content (AvgIpc) is 2.73. The minimum atomic E-state index is -0.630. The standard InChI is InChI=1S/C14H25N3O/c1-11(2)9-17-12(15-10-16-17)8-14(18)7-5-6-13(14,3)4/h10-11,18H,5-9H2,1-4H3. The normalized spacial score (nSPS) is 27.0. The first kappa shape index (κ1) is 13.5. The van der Waals surface area contributed by atoms with Gasteiger partial charge in [-0.1, -0.05) is 27.7 Å². The van der Waals surface area contributed by atoms with Gasteiger partial charge < -0.3 is 5.11 Å². The number of aliphatic hydroxyl groups is 1. The monoisotopic (exact) mass is 251 g/mol. The van der Waals surface area contributed by atoms with Crippen LogP contribution in [0.5, 0.6) is 0 Å². The molecule has 1 saturated carbocycles. The molecular formula is C14H25N3O. The fourth-order valence-electron chi connectivity index (χ4n) is 2.91. The van der Waals surface area contributed by atoms with Crippen LogP contribution >= 0.6 is 0 Å². The molecule has 18 heavy (non-hydrogen) atoms. The molecule has 1 aliphatic rings. The van der Waals surface area contributed by atoms with Crippen molar-refractivity contribution in [2.75, 3.05) is 0 Å². The van der Waals surface area contributed by atoms with Crippen LogP contribution in [0.25, 0.3) is 0 Å². The van der Waals surface area contributed by atoms with E-state index in [-0.39, 0.29) is 5.41 Å². The molecule has 0 aromatic carbocycles. The molecular weight excluding hydrogens is 226 g/mol. The molecule has 4 heteroatoms. The summed E-state index contributed by atoms with van der Waals surface area (Å²) in [5, 5.41) is 15.1. The quantitative estimate of drug-likeness (QED) is 0.894. The van der Waals surface area contributed by atoms with Gasteiger partial charge >= 0.3 is 0 Å². The number of nitrogens with zero attached hydrogens (tertiary/aromatic N) is 3. The lowest BCUT2D eigenvalue weighted by Gasteiger charge is -2.36. The molecule has 1 aromatic rings. The minimum absolute atomic E-state index is 0.0262. The molecule has 1 aliphatic carbocycles. The van der Waals surface area contributed by atoms with E-state index in [1.54, 1.807) is 6.33 Å². The Bertz CT molecular complexity index is 411. The Morgan fingerprint density at radius 3 is 2.67 bits per heavy atom. The van der Waals surface area contributed by atoms with Gasteiger partial charge in [0.15, 0.2) is 0 Å². The molecule has 1 fully saturated rings. The second-order valence-corrected chi connectivity index (χ2v) is 6.70. The lowest BCUT2D eigenvalue weighted by atomic mass is 9.75. The maximum Gasteiger partial charge on any atom is 0.138 e. The van der Waals surface area contributed by atoms with Crippen LogP contribution in [0.15, 0.2) is 6.33 Å². The highest BCUT2D eigenvalue weighted by Gasteiger charge is 2.48. The fraction of sp³-hybridized carbons (Fsp3) is 0.857. The zero-order valence-corrected chi connectivity index (χ0v) is 12.0. The number of aromatic nitrogens is 3. The highest BCUT2D eigenvalue weighted by molar-refractivity contribution is 5.05. The van der Waals surface area contributed by atoms with Crippen molar-refractivity contribution in [3.8, 4) is 0 Å². The van der Waals surface area contributed by atoms with Crippen molar-refractivity contribution in [2.45, 2.75) is 65.5 Å². The van der Waals surface area contributed by atoms with Crippen molar-refractivity contribution in [3.05, 3.63) is 12.2 Å². The Morgan fingerprint density at radius 2 is 2.11 bits per heavy atom. The topological polar surface area (TPSA) is 50.9 Å². The van der Waals surface area contributed by atoms with Crippen LogP contribution in [0.2, 0.25) is 0 Å². The Morgan fingerprint density at radius 1 is 1.39 bits per heavy atom. The van der Waals surface area contributed by atoms with Crippen molar-refractivity contribution in [1.82, 2.24) is 14.8 Å². The summed E-state index contributed by atoms with van der Waals surface area (Å²) < 4.78 is 1.94. The van der Waals surface area contributed by atoms with Gasteiger partial charge in [-0.3, -0.25) is 0 Å². The largest absolute Gasteiger partial charge is 0.389 e. The summed E-state index contributed by atoms with van der Waals surface area (Å²) in [5.41, 5.74) is -0.656. The minimum Gasteiger partial charge on any atom is -0.389 e. The summed E-state index contributed by atoms with van der Waals surface area (Å²) in [6, 6.07) is 0. The third-order valence-corrected chi connectivity index (χ3v) is 4.34. The van der Waals surface area contributed by atoms with Crippen LogP contribution in [0.1, 0.15) is 52.8 Å². The van der Waals surface area contributed by atoms with Gasteiger partial charge in [-0.2, -0.15) is 5.10 Å². The molecule has 1 unspecified atom stereocenters. The van der Waals surface area contributed by atoms with Crippen molar-refractivity contribution in [3.63, 3.8) is 0 Å². The molecule has 1 heterocycles. The molecule has 2 rings (SSSR count). The molecule has 0 radical (unpaired) electrons. The van der Waals surface area contributed by atoms with Crippen molar-refractivity contribution < 1.29 is 5.11 Å². The molecule has 0 spiro atoms. The molecule has 0 bridgehead atoms. The van der Waals surface area contributed by atoms with Gasteiger partial charge in [-0.25, -0.2) is 9.67 Å². The van der Waals surface area contributed by atoms with Crippen LogP contribution in [-0.2, 0) is 13.0 Å². The van der Waals surface area contributed by atoms with Crippen LogP contribution < -0.4 is 0 Å². The maximum atomic E-state index is 10.9. The van der Waals surface area contributed by atoms with E-state index in [1.807, 2.05) is 4.68 Å². The van der Waals surface area contributed by atoms with E-state index >= 15 is 0 Å². The first-order valence-corrected chi connectivity index (χ1v) is 6.93. The molecule has 1 aromatic heterocycles. The molecule has 1 N–H and O–H groups in total. The highest BCUT2D eigenvalue weighted by atomic mass is 16.3. The lowest BCUT2D eigenvalue weighted by Crippen LogP contribution is -2.42. The molecule has 4 nitrogen and oxygen atoms in total. The van der Waals surface area contributed by atoms with Crippen LogP contribution in [0, 0.1) is 11.3 Å². The van der Waals surface area contributed by atoms with Gasteiger partial charge in [0.1, 0.15) is 12.2 Å². The third kappa shape index (κ3) is 2.44. The second-order valence-electron chi connectivity index (χ2n) is 6.70. The second kappa shape index (κ2) is 4.65. The summed E-state index contributed by atoms with van der Waals surface area (Å²) in [5.74, 6) is 1.46. The van der Waals surface area contributed by atoms with E-state index in [1.165, 1.54) is 0 Å². The van der Waals surface area contributed by atoms with E-state index in [0.717, 1.165) is 31.6 Å². The van der Waals surface area contributed by atoms with E-state index in [9.17, 15) is 5.11 Å². The predicted octanol–water partition coefficient (Wildman–Crippen LogP) is 2.42.